The van der Waals surface area contributed by atoms with Crippen molar-refractivity contribution in [3.63, 3.8) is 0 Å². The van der Waals surface area contributed by atoms with Gasteiger partial charge in [0, 0.05) is 6.21 Å². The summed E-state index contributed by atoms with van der Waals surface area (Å²) in [6, 6.07) is 0. The highest BCUT2D eigenvalue weighted by Crippen LogP contribution is 2.31. The molecule has 0 saturated carbocycles. The zero-order valence-corrected chi connectivity index (χ0v) is 7.19. The SMILES string of the molecule is Cl.O=C1N=CC=C2C=CSC12. The van der Waals surface area contributed by atoms with E-state index in [0.717, 1.165) is 5.57 Å². The van der Waals surface area contributed by atoms with Gasteiger partial charge in [0.05, 0.1) is 0 Å². The lowest BCUT2D eigenvalue weighted by Crippen LogP contribution is -2.16. The highest BCUT2D eigenvalue weighted by atomic mass is 35.5. The van der Waals surface area contributed by atoms with Crippen LogP contribution in [-0.2, 0) is 4.79 Å². The van der Waals surface area contributed by atoms with E-state index in [1.54, 1.807) is 6.21 Å². The van der Waals surface area contributed by atoms with Crippen LogP contribution in [0.1, 0.15) is 0 Å². The van der Waals surface area contributed by atoms with Gasteiger partial charge in [0.15, 0.2) is 0 Å². The number of carbonyl (C=O) groups is 1. The van der Waals surface area contributed by atoms with Crippen molar-refractivity contribution < 1.29 is 4.79 Å². The number of amides is 1. The molecule has 2 aliphatic rings. The summed E-state index contributed by atoms with van der Waals surface area (Å²) in [7, 11) is 0. The third kappa shape index (κ3) is 1.39. The first-order valence-electron chi connectivity index (χ1n) is 2.98. The summed E-state index contributed by atoms with van der Waals surface area (Å²) in [5.41, 5.74) is 1.07. The van der Waals surface area contributed by atoms with Gasteiger partial charge < -0.3 is 0 Å². The molecule has 0 fully saturated rings. The summed E-state index contributed by atoms with van der Waals surface area (Å²) >= 11 is 1.52. The number of dihydropyridines is 1. The fraction of sp³-hybridized carbons (Fsp3) is 0.143. The summed E-state index contributed by atoms with van der Waals surface area (Å²) in [5, 5.41) is 1.90. The van der Waals surface area contributed by atoms with E-state index < -0.39 is 0 Å². The molecule has 1 unspecified atom stereocenters. The Morgan fingerprint density at radius 3 is 3.09 bits per heavy atom. The zero-order chi connectivity index (χ0) is 6.97. The second-order valence-electron chi connectivity index (χ2n) is 2.10. The number of thioether (sulfide) groups is 1. The van der Waals surface area contributed by atoms with E-state index in [2.05, 4.69) is 4.99 Å². The number of hydrogen-bond donors (Lipinski definition) is 0. The van der Waals surface area contributed by atoms with Crippen molar-refractivity contribution in [2.24, 2.45) is 4.99 Å². The van der Waals surface area contributed by atoms with Crippen molar-refractivity contribution in [3.05, 3.63) is 23.1 Å². The number of nitrogens with zero attached hydrogens (tertiary/aromatic N) is 1. The van der Waals surface area contributed by atoms with Crippen molar-refractivity contribution >= 4 is 36.3 Å². The maximum Gasteiger partial charge on any atom is 0.263 e. The Labute approximate surface area is 74.9 Å². The Bertz CT molecular complexity index is 270. The molecule has 2 heterocycles. The molecule has 0 aromatic rings. The van der Waals surface area contributed by atoms with Crippen LogP contribution in [0.3, 0.4) is 0 Å². The molecule has 1 amide bonds. The predicted molar refractivity (Wildman–Crippen MR) is 49.3 cm³/mol. The van der Waals surface area contributed by atoms with Gasteiger partial charge in [0.25, 0.3) is 5.91 Å². The number of hydrogen-bond acceptors (Lipinski definition) is 2. The van der Waals surface area contributed by atoms with Gasteiger partial charge >= 0.3 is 0 Å². The van der Waals surface area contributed by atoms with Gasteiger partial charge in [-0.3, -0.25) is 4.79 Å². The molecule has 2 rings (SSSR count). The van der Waals surface area contributed by atoms with Gasteiger partial charge in [0.2, 0.25) is 0 Å². The fourth-order valence-corrected chi connectivity index (χ4v) is 1.85. The van der Waals surface area contributed by atoms with Gasteiger partial charge in [-0.15, -0.1) is 24.2 Å². The quantitative estimate of drug-likeness (QED) is 0.576. The lowest BCUT2D eigenvalue weighted by molar-refractivity contribution is -0.116. The van der Waals surface area contributed by atoms with E-state index >= 15 is 0 Å². The summed E-state index contributed by atoms with van der Waals surface area (Å²) < 4.78 is 0. The number of aliphatic imine (C=N–C) groups is 1. The Hall–Kier alpha value is -0.540. The van der Waals surface area contributed by atoms with Crippen LogP contribution < -0.4 is 0 Å². The maximum absolute atomic E-state index is 11.0. The predicted octanol–water partition coefficient (Wildman–Crippen LogP) is 1.57. The molecule has 2 nitrogen and oxygen atoms in total. The molecule has 0 aliphatic carbocycles. The van der Waals surface area contributed by atoms with Crippen LogP contribution in [0.25, 0.3) is 0 Å². The highest BCUT2D eigenvalue weighted by Gasteiger charge is 2.25. The van der Waals surface area contributed by atoms with E-state index in [1.807, 2.05) is 17.6 Å². The molecule has 0 aromatic heterocycles. The van der Waals surface area contributed by atoms with Crippen LogP contribution >= 0.6 is 24.2 Å². The van der Waals surface area contributed by atoms with Crippen molar-refractivity contribution in [3.8, 4) is 0 Å². The van der Waals surface area contributed by atoms with E-state index in [0.29, 0.717) is 0 Å². The van der Waals surface area contributed by atoms with Crippen LogP contribution in [0.2, 0.25) is 0 Å². The molecule has 0 spiro atoms. The zero-order valence-electron chi connectivity index (χ0n) is 5.56. The van der Waals surface area contributed by atoms with Crippen molar-refractivity contribution in [2.45, 2.75) is 5.25 Å². The van der Waals surface area contributed by atoms with Crippen molar-refractivity contribution in [1.82, 2.24) is 0 Å². The second kappa shape index (κ2) is 3.24. The standard InChI is InChI=1S/C7H5NOS.ClH/c9-7-6-5(1-3-8-7)2-4-10-6;/h1-4,6H;1H. The van der Waals surface area contributed by atoms with Crippen LogP contribution in [0.4, 0.5) is 0 Å². The number of fused-ring (bicyclic) bond motifs is 1. The molecule has 58 valence electrons. The third-order valence-corrected chi connectivity index (χ3v) is 2.51. The molecule has 0 saturated heterocycles. The lowest BCUT2D eigenvalue weighted by Gasteiger charge is -2.07. The average molecular weight is 188 g/mol. The minimum Gasteiger partial charge on any atom is -0.271 e. The number of halogens is 1. The summed E-state index contributed by atoms with van der Waals surface area (Å²) in [6.07, 6.45) is 5.39. The molecule has 2 aliphatic heterocycles. The van der Waals surface area contributed by atoms with Gasteiger partial charge in [-0.2, -0.15) is 0 Å². The molecule has 4 heteroatoms. The average Bonchev–Trinajstić information content (AvgIpc) is 2.36. The molecule has 0 N–H and O–H groups in total. The Morgan fingerprint density at radius 2 is 2.36 bits per heavy atom. The first kappa shape index (κ1) is 8.56. The molecule has 1 atom stereocenters. The van der Waals surface area contributed by atoms with E-state index in [9.17, 15) is 4.79 Å². The topological polar surface area (TPSA) is 29.4 Å². The Balaban J connectivity index is 0.000000605. The highest BCUT2D eigenvalue weighted by molar-refractivity contribution is 8.03. The summed E-state index contributed by atoms with van der Waals surface area (Å²) in [4.78, 5) is 14.6. The minimum absolute atomic E-state index is 0. The normalized spacial score (nSPS) is 26.0. The smallest absolute Gasteiger partial charge is 0.263 e. The molecule has 0 radical (unpaired) electrons. The van der Waals surface area contributed by atoms with E-state index in [1.165, 1.54) is 11.8 Å². The Morgan fingerprint density at radius 1 is 1.55 bits per heavy atom. The first-order valence-corrected chi connectivity index (χ1v) is 3.92. The molecular weight excluding hydrogens is 182 g/mol. The lowest BCUT2D eigenvalue weighted by atomic mass is 10.1. The second-order valence-corrected chi connectivity index (χ2v) is 3.12. The summed E-state index contributed by atoms with van der Waals surface area (Å²) in [6.45, 7) is 0. The number of carbonyl (C=O) groups excluding carboxylic acids is 1. The molecule has 0 aromatic carbocycles. The molecule has 11 heavy (non-hydrogen) atoms. The van der Waals surface area contributed by atoms with Crippen molar-refractivity contribution in [1.29, 1.82) is 0 Å². The summed E-state index contributed by atoms with van der Waals surface area (Å²) in [5.74, 6) is -0.0347. The molecule has 0 bridgehead atoms. The fourth-order valence-electron chi connectivity index (χ4n) is 0.971. The van der Waals surface area contributed by atoms with E-state index in [-0.39, 0.29) is 23.6 Å². The van der Waals surface area contributed by atoms with Gasteiger partial charge in [-0.25, -0.2) is 4.99 Å². The van der Waals surface area contributed by atoms with Crippen LogP contribution in [-0.4, -0.2) is 17.4 Å². The maximum atomic E-state index is 11.0. The Kier molecular flexibility index (Phi) is 2.52. The molecular formula is C7H6ClNOS. The van der Waals surface area contributed by atoms with Gasteiger partial charge in [0.1, 0.15) is 5.25 Å². The van der Waals surface area contributed by atoms with Gasteiger partial charge in [-0.05, 0) is 17.1 Å². The first-order chi connectivity index (χ1) is 4.88. The number of allylic oxidation sites excluding steroid dienone is 2. The van der Waals surface area contributed by atoms with Gasteiger partial charge in [-0.1, -0.05) is 6.08 Å². The monoisotopic (exact) mass is 187 g/mol. The van der Waals surface area contributed by atoms with E-state index in [4.69, 9.17) is 0 Å². The van der Waals surface area contributed by atoms with Crippen LogP contribution in [0.15, 0.2) is 28.1 Å². The number of rotatable bonds is 0. The largest absolute Gasteiger partial charge is 0.271 e. The third-order valence-electron chi connectivity index (χ3n) is 1.47. The van der Waals surface area contributed by atoms with Crippen LogP contribution in [0, 0.1) is 0 Å². The minimum atomic E-state index is -0.0370. The van der Waals surface area contributed by atoms with Crippen LogP contribution in [0.5, 0.6) is 0 Å². The van der Waals surface area contributed by atoms with Crippen molar-refractivity contribution in [2.75, 3.05) is 0 Å².